The van der Waals surface area contributed by atoms with Gasteiger partial charge in [-0.2, -0.15) is 0 Å². The molecule has 0 aliphatic carbocycles. The van der Waals surface area contributed by atoms with Gasteiger partial charge in [0.2, 0.25) is 5.89 Å². The minimum atomic E-state index is -0.470. The number of fused-ring (bicyclic) bond motifs is 1. The molecule has 0 saturated carbocycles. The van der Waals surface area contributed by atoms with Crippen LogP contribution in [0.15, 0.2) is 81.6 Å². The Hall–Kier alpha value is -4.30. The summed E-state index contributed by atoms with van der Waals surface area (Å²) in [6.45, 7) is 4.06. The van der Waals surface area contributed by atoms with Crippen LogP contribution in [-0.4, -0.2) is 16.0 Å². The van der Waals surface area contributed by atoms with Gasteiger partial charge < -0.3 is 14.2 Å². The second kappa shape index (κ2) is 9.15. The first-order chi connectivity index (χ1) is 16.9. The van der Waals surface area contributed by atoms with Gasteiger partial charge in [-0.25, -0.2) is 9.37 Å². The van der Waals surface area contributed by atoms with Crippen LogP contribution in [0.3, 0.4) is 0 Å². The lowest BCUT2D eigenvalue weighted by atomic mass is 10.1. The normalized spacial score (nSPS) is 10.9. The summed E-state index contributed by atoms with van der Waals surface area (Å²) >= 11 is 5.29. The molecule has 0 spiro atoms. The quantitative estimate of drug-likeness (QED) is 0.278. The van der Waals surface area contributed by atoms with Gasteiger partial charge in [0.25, 0.3) is 5.91 Å². The molecule has 35 heavy (non-hydrogen) atoms. The SMILES string of the molecule is Cc1ccc(-c2ccc(C(=O)NC(=S)Nc3ccc4oc(-c5ccccc5F)nc4c3)o2)cc1C. The molecular weight excluding hydrogens is 465 g/mol. The number of rotatable bonds is 4. The number of nitrogens with zero attached hydrogens (tertiary/aromatic N) is 1. The molecule has 0 bridgehead atoms. The van der Waals surface area contributed by atoms with E-state index < -0.39 is 11.7 Å². The number of amides is 1. The van der Waals surface area contributed by atoms with E-state index >= 15 is 0 Å². The van der Waals surface area contributed by atoms with Gasteiger partial charge in [-0.3, -0.25) is 10.1 Å². The molecule has 8 heteroatoms. The van der Waals surface area contributed by atoms with Gasteiger partial charge in [-0.05, 0) is 85.7 Å². The van der Waals surface area contributed by atoms with Crippen molar-refractivity contribution in [3.05, 3.63) is 95.5 Å². The van der Waals surface area contributed by atoms with E-state index in [1.807, 2.05) is 32.0 Å². The molecule has 0 radical (unpaired) electrons. The summed E-state index contributed by atoms with van der Waals surface area (Å²) in [7, 11) is 0. The van der Waals surface area contributed by atoms with E-state index in [0.29, 0.717) is 22.5 Å². The Bertz CT molecular complexity index is 1590. The van der Waals surface area contributed by atoms with E-state index in [1.165, 1.54) is 11.6 Å². The van der Waals surface area contributed by atoms with E-state index in [1.54, 1.807) is 48.5 Å². The van der Waals surface area contributed by atoms with Gasteiger partial charge in [0, 0.05) is 11.3 Å². The number of aromatic nitrogens is 1. The van der Waals surface area contributed by atoms with Crippen LogP contribution in [0.25, 0.3) is 33.9 Å². The van der Waals surface area contributed by atoms with Crippen molar-refractivity contribution in [3.8, 4) is 22.8 Å². The topological polar surface area (TPSA) is 80.3 Å². The Morgan fingerprint density at radius 1 is 0.943 bits per heavy atom. The minimum Gasteiger partial charge on any atom is -0.451 e. The van der Waals surface area contributed by atoms with Gasteiger partial charge in [0.15, 0.2) is 16.5 Å². The maximum atomic E-state index is 14.1. The fraction of sp³-hybridized carbons (Fsp3) is 0.0741. The lowest BCUT2D eigenvalue weighted by molar-refractivity contribution is 0.0951. The fourth-order valence-electron chi connectivity index (χ4n) is 3.59. The zero-order chi connectivity index (χ0) is 24.5. The van der Waals surface area contributed by atoms with Crippen molar-refractivity contribution in [1.29, 1.82) is 0 Å². The van der Waals surface area contributed by atoms with Crippen LogP contribution in [0.4, 0.5) is 10.1 Å². The fourth-order valence-corrected chi connectivity index (χ4v) is 3.80. The number of hydrogen-bond donors (Lipinski definition) is 2. The van der Waals surface area contributed by atoms with Crippen LogP contribution in [0.2, 0.25) is 0 Å². The maximum Gasteiger partial charge on any atom is 0.293 e. The average molecular weight is 486 g/mol. The van der Waals surface area contributed by atoms with Crippen molar-refractivity contribution < 1.29 is 18.0 Å². The van der Waals surface area contributed by atoms with Gasteiger partial charge in [-0.1, -0.05) is 24.3 Å². The number of aryl methyl sites for hydroxylation is 2. The molecule has 0 unspecified atom stereocenters. The van der Waals surface area contributed by atoms with Crippen molar-refractivity contribution in [2.24, 2.45) is 0 Å². The standard InChI is InChI=1S/C27H20FN3O3S/c1-15-7-8-17(13-16(15)2)22-11-12-24(33-22)25(32)31-27(35)29-18-9-10-23-21(14-18)30-26(34-23)19-5-3-4-6-20(19)28/h3-14H,1-2H3,(H2,29,31,32,35). The zero-order valence-corrected chi connectivity index (χ0v) is 19.7. The monoisotopic (exact) mass is 485 g/mol. The molecule has 2 heterocycles. The number of carbonyl (C=O) groups is 1. The van der Waals surface area contributed by atoms with Crippen LogP contribution < -0.4 is 10.6 Å². The summed E-state index contributed by atoms with van der Waals surface area (Å²) < 4.78 is 25.5. The summed E-state index contributed by atoms with van der Waals surface area (Å²) in [4.78, 5) is 17.0. The Labute approximate surface area is 205 Å². The average Bonchev–Trinajstić information content (AvgIpc) is 3.48. The predicted octanol–water partition coefficient (Wildman–Crippen LogP) is 6.64. The molecule has 0 fully saturated rings. The summed E-state index contributed by atoms with van der Waals surface area (Å²) in [6, 6.07) is 20.7. The van der Waals surface area contributed by atoms with Gasteiger partial charge in [0.1, 0.15) is 17.1 Å². The molecule has 174 valence electrons. The van der Waals surface area contributed by atoms with E-state index in [4.69, 9.17) is 21.1 Å². The van der Waals surface area contributed by atoms with E-state index in [9.17, 15) is 9.18 Å². The van der Waals surface area contributed by atoms with Crippen LogP contribution in [0.5, 0.6) is 0 Å². The molecule has 0 atom stereocenters. The number of thiocarbonyl (C=S) groups is 1. The number of anilines is 1. The van der Waals surface area contributed by atoms with Crippen LogP contribution in [0.1, 0.15) is 21.7 Å². The van der Waals surface area contributed by atoms with Crippen LogP contribution in [-0.2, 0) is 0 Å². The van der Waals surface area contributed by atoms with Crippen LogP contribution in [0, 0.1) is 19.7 Å². The van der Waals surface area contributed by atoms with E-state index in [-0.39, 0.29) is 22.3 Å². The number of oxazole rings is 1. The first kappa shape index (κ1) is 22.5. The molecule has 2 N–H and O–H groups in total. The first-order valence-electron chi connectivity index (χ1n) is 10.8. The lowest BCUT2D eigenvalue weighted by Gasteiger charge is -2.08. The molecular formula is C27H20FN3O3S. The highest BCUT2D eigenvalue weighted by molar-refractivity contribution is 7.80. The van der Waals surface area contributed by atoms with Crippen LogP contribution >= 0.6 is 12.2 Å². The molecule has 0 saturated heterocycles. The molecule has 0 aliphatic heterocycles. The Kier molecular flexibility index (Phi) is 5.88. The van der Waals surface area contributed by atoms with E-state index in [0.717, 1.165) is 11.1 Å². The molecule has 5 aromatic rings. The third-order valence-corrected chi connectivity index (χ3v) is 5.80. The van der Waals surface area contributed by atoms with Gasteiger partial charge in [0.05, 0.1) is 5.56 Å². The van der Waals surface area contributed by atoms with Gasteiger partial charge >= 0.3 is 0 Å². The third-order valence-electron chi connectivity index (χ3n) is 5.60. The van der Waals surface area contributed by atoms with Crippen molar-refractivity contribution in [2.45, 2.75) is 13.8 Å². The summed E-state index contributed by atoms with van der Waals surface area (Å²) in [5, 5.41) is 5.65. The highest BCUT2D eigenvalue weighted by atomic mass is 32.1. The minimum absolute atomic E-state index is 0.0938. The molecule has 5 rings (SSSR count). The molecule has 2 aromatic heterocycles. The second-order valence-corrected chi connectivity index (χ2v) is 8.46. The number of furan rings is 1. The number of halogens is 1. The van der Waals surface area contributed by atoms with E-state index in [2.05, 4.69) is 15.6 Å². The Morgan fingerprint density at radius 3 is 2.57 bits per heavy atom. The van der Waals surface area contributed by atoms with Crippen molar-refractivity contribution in [1.82, 2.24) is 10.3 Å². The largest absolute Gasteiger partial charge is 0.451 e. The summed E-state index contributed by atoms with van der Waals surface area (Å²) in [6.07, 6.45) is 0. The molecule has 0 aliphatic rings. The number of hydrogen-bond acceptors (Lipinski definition) is 5. The third kappa shape index (κ3) is 4.69. The summed E-state index contributed by atoms with van der Waals surface area (Å²) in [5.74, 6) is 0.0356. The highest BCUT2D eigenvalue weighted by Crippen LogP contribution is 2.28. The molecule has 3 aromatic carbocycles. The summed E-state index contributed by atoms with van der Waals surface area (Å²) in [5.41, 5.74) is 5.10. The Balaban J connectivity index is 1.27. The predicted molar refractivity (Wildman–Crippen MR) is 137 cm³/mol. The second-order valence-electron chi connectivity index (χ2n) is 8.05. The van der Waals surface area contributed by atoms with Gasteiger partial charge in [-0.15, -0.1) is 0 Å². The van der Waals surface area contributed by atoms with Crippen molar-refractivity contribution in [2.75, 3.05) is 5.32 Å². The molecule has 6 nitrogen and oxygen atoms in total. The Morgan fingerprint density at radius 2 is 1.77 bits per heavy atom. The maximum absolute atomic E-state index is 14.1. The first-order valence-corrected chi connectivity index (χ1v) is 11.2. The lowest BCUT2D eigenvalue weighted by Crippen LogP contribution is -2.33. The number of benzene rings is 3. The smallest absolute Gasteiger partial charge is 0.293 e. The zero-order valence-electron chi connectivity index (χ0n) is 18.9. The van der Waals surface area contributed by atoms with Crippen molar-refractivity contribution in [3.63, 3.8) is 0 Å². The van der Waals surface area contributed by atoms with Crippen molar-refractivity contribution >= 4 is 40.0 Å². The number of nitrogens with one attached hydrogen (secondary N) is 2. The highest BCUT2D eigenvalue weighted by Gasteiger charge is 2.16. The molecule has 1 amide bonds. The number of carbonyl (C=O) groups excluding carboxylic acids is 1.